The van der Waals surface area contributed by atoms with Crippen LogP contribution in [0.5, 0.6) is 0 Å². The van der Waals surface area contributed by atoms with Crippen LogP contribution in [0.2, 0.25) is 0 Å². The van der Waals surface area contributed by atoms with Gasteiger partial charge in [0.25, 0.3) is 0 Å². The van der Waals surface area contributed by atoms with Gasteiger partial charge in [-0.2, -0.15) is 5.10 Å². The smallest absolute Gasteiger partial charge is 0.191 e. The van der Waals surface area contributed by atoms with Gasteiger partial charge in [0.05, 0.1) is 30.7 Å². The summed E-state index contributed by atoms with van der Waals surface area (Å²) < 4.78 is 2.57. The van der Waals surface area contributed by atoms with Crippen molar-refractivity contribution in [2.45, 2.75) is 19.4 Å². The molecule has 0 saturated heterocycles. The number of nitrogens with zero attached hydrogens (tertiary/aromatic N) is 4. The third kappa shape index (κ3) is 1.85. The lowest BCUT2D eigenvalue weighted by molar-refractivity contribution is 0.270. The molecule has 0 aromatic carbocycles. The first-order valence-corrected chi connectivity index (χ1v) is 6.55. The molecule has 0 unspecified atom stereocenters. The molecule has 2 aromatic heterocycles. The molecule has 1 aliphatic carbocycles. The average Bonchev–Trinajstić information content (AvgIpc) is 2.73. The first-order valence-electron chi connectivity index (χ1n) is 5.47. The first-order chi connectivity index (χ1) is 8.29. The Kier molecular flexibility index (Phi) is 2.83. The van der Waals surface area contributed by atoms with Gasteiger partial charge in [0.1, 0.15) is 0 Å². The number of rotatable bonds is 2. The van der Waals surface area contributed by atoms with Crippen molar-refractivity contribution in [1.82, 2.24) is 19.7 Å². The Morgan fingerprint density at radius 2 is 2.12 bits per heavy atom. The largest absolute Gasteiger partial charge is 0.394 e. The van der Waals surface area contributed by atoms with E-state index in [1.165, 1.54) is 5.56 Å². The van der Waals surface area contributed by atoms with Crippen molar-refractivity contribution in [2.75, 3.05) is 6.61 Å². The molecule has 5 nitrogen and oxygen atoms in total. The van der Waals surface area contributed by atoms with E-state index in [0.717, 1.165) is 33.6 Å². The fourth-order valence-corrected chi connectivity index (χ4v) is 2.57. The Morgan fingerprint density at radius 3 is 2.94 bits per heavy atom. The standard InChI is InChI=1S/C11H11IN4O/c12-11-13-5-7-1-2-8-6-14-16(3-4-17)10(8)9(7)15-11/h5-6,17H,1-4H2. The highest BCUT2D eigenvalue weighted by Gasteiger charge is 2.22. The summed E-state index contributed by atoms with van der Waals surface area (Å²) in [6, 6.07) is 0. The summed E-state index contributed by atoms with van der Waals surface area (Å²) in [4.78, 5) is 8.73. The van der Waals surface area contributed by atoms with Crippen LogP contribution in [-0.4, -0.2) is 31.5 Å². The Morgan fingerprint density at radius 1 is 1.29 bits per heavy atom. The molecule has 0 bridgehead atoms. The number of aryl methyl sites for hydroxylation is 2. The number of aliphatic hydroxyl groups excluding tert-OH is 1. The molecule has 3 rings (SSSR count). The predicted octanol–water partition coefficient (Wildman–Crippen LogP) is 1.04. The van der Waals surface area contributed by atoms with Crippen LogP contribution in [-0.2, 0) is 19.4 Å². The maximum Gasteiger partial charge on any atom is 0.191 e. The minimum atomic E-state index is 0.0889. The second kappa shape index (κ2) is 4.34. The molecule has 17 heavy (non-hydrogen) atoms. The van der Waals surface area contributed by atoms with E-state index in [0.29, 0.717) is 6.54 Å². The number of halogens is 1. The molecule has 0 aliphatic heterocycles. The topological polar surface area (TPSA) is 63.8 Å². The maximum atomic E-state index is 9.05. The van der Waals surface area contributed by atoms with E-state index in [1.807, 2.05) is 17.1 Å². The summed E-state index contributed by atoms with van der Waals surface area (Å²) in [5.74, 6) is 0. The Balaban J connectivity index is 2.19. The lowest BCUT2D eigenvalue weighted by atomic mass is 9.95. The van der Waals surface area contributed by atoms with Gasteiger partial charge in [-0.15, -0.1) is 0 Å². The molecular formula is C11H11IN4O. The molecule has 1 aliphatic rings. The molecular weight excluding hydrogens is 331 g/mol. The molecule has 88 valence electrons. The summed E-state index contributed by atoms with van der Waals surface area (Å²) in [6.45, 7) is 0.598. The maximum absolute atomic E-state index is 9.05. The lowest BCUT2D eigenvalue weighted by Crippen LogP contribution is -2.12. The fraction of sp³-hybridized carbons (Fsp3) is 0.364. The molecule has 0 atom stereocenters. The van der Waals surface area contributed by atoms with E-state index >= 15 is 0 Å². The summed E-state index contributed by atoms with van der Waals surface area (Å²) >= 11 is 2.11. The lowest BCUT2D eigenvalue weighted by Gasteiger charge is -2.16. The zero-order valence-corrected chi connectivity index (χ0v) is 11.3. The van der Waals surface area contributed by atoms with E-state index in [2.05, 4.69) is 37.7 Å². The van der Waals surface area contributed by atoms with Crippen LogP contribution in [0.1, 0.15) is 11.1 Å². The fourth-order valence-electron chi connectivity index (χ4n) is 2.19. The zero-order chi connectivity index (χ0) is 11.8. The van der Waals surface area contributed by atoms with Gasteiger partial charge in [0, 0.05) is 34.4 Å². The van der Waals surface area contributed by atoms with Gasteiger partial charge in [-0.05, 0) is 18.4 Å². The van der Waals surface area contributed by atoms with Gasteiger partial charge in [-0.25, -0.2) is 9.97 Å². The van der Waals surface area contributed by atoms with Crippen LogP contribution in [0.4, 0.5) is 0 Å². The van der Waals surface area contributed by atoms with E-state index in [4.69, 9.17) is 5.11 Å². The molecule has 0 saturated carbocycles. The van der Waals surface area contributed by atoms with Crippen molar-refractivity contribution < 1.29 is 5.11 Å². The minimum Gasteiger partial charge on any atom is -0.394 e. The molecule has 2 aromatic rings. The highest BCUT2D eigenvalue weighted by molar-refractivity contribution is 14.1. The van der Waals surface area contributed by atoms with E-state index < -0.39 is 0 Å². The van der Waals surface area contributed by atoms with Gasteiger partial charge < -0.3 is 5.11 Å². The molecule has 0 radical (unpaired) electrons. The van der Waals surface area contributed by atoms with Crippen LogP contribution >= 0.6 is 22.6 Å². The summed E-state index contributed by atoms with van der Waals surface area (Å²) in [7, 11) is 0. The molecule has 0 spiro atoms. The third-order valence-electron chi connectivity index (χ3n) is 2.95. The molecule has 6 heteroatoms. The Hall–Kier alpha value is -1.02. The number of aromatic nitrogens is 4. The van der Waals surface area contributed by atoms with Gasteiger partial charge in [0.2, 0.25) is 0 Å². The summed E-state index contributed by atoms with van der Waals surface area (Å²) in [5, 5.41) is 13.4. The highest BCUT2D eigenvalue weighted by Crippen LogP contribution is 2.31. The number of hydrogen-bond acceptors (Lipinski definition) is 4. The van der Waals surface area contributed by atoms with Gasteiger partial charge in [-0.3, -0.25) is 4.68 Å². The Labute approximate surface area is 112 Å². The highest BCUT2D eigenvalue weighted by atomic mass is 127. The van der Waals surface area contributed by atoms with Crippen LogP contribution in [0.3, 0.4) is 0 Å². The molecule has 0 fully saturated rings. The van der Waals surface area contributed by atoms with Crippen molar-refractivity contribution in [3.05, 3.63) is 27.4 Å². The zero-order valence-electron chi connectivity index (χ0n) is 9.10. The number of aliphatic hydroxyl groups is 1. The van der Waals surface area contributed by atoms with Crippen LogP contribution in [0, 0.1) is 3.83 Å². The summed E-state index contributed by atoms with van der Waals surface area (Å²) in [5.41, 5.74) is 4.38. The van der Waals surface area contributed by atoms with Crippen molar-refractivity contribution in [3.8, 4) is 11.4 Å². The van der Waals surface area contributed by atoms with Crippen LogP contribution in [0.25, 0.3) is 11.4 Å². The van der Waals surface area contributed by atoms with Gasteiger partial charge in [0.15, 0.2) is 3.83 Å². The van der Waals surface area contributed by atoms with Crippen molar-refractivity contribution in [1.29, 1.82) is 0 Å². The van der Waals surface area contributed by atoms with Crippen molar-refractivity contribution in [2.24, 2.45) is 0 Å². The van der Waals surface area contributed by atoms with E-state index in [1.54, 1.807) is 0 Å². The molecule has 2 heterocycles. The predicted molar refractivity (Wildman–Crippen MR) is 70.5 cm³/mol. The quantitative estimate of drug-likeness (QED) is 0.654. The Bertz CT molecular complexity index is 567. The van der Waals surface area contributed by atoms with E-state index in [9.17, 15) is 0 Å². The van der Waals surface area contributed by atoms with Gasteiger partial charge >= 0.3 is 0 Å². The minimum absolute atomic E-state index is 0.0889. The second-order valence-electron chi connectivity index (χ2n) is 3.98. The second-order valence-corrected chi connectivity index (χ2v) is 4.94. The SMILES string of the molecule is OCCn1ncc2c1-c1nc(I)ncc1CC2. The van der Waals surface area contributed by atoms with Crippen molar-refractivity contribution in [3.63, 3.8) is 0 Å². The van der Waals surface area contributed by atoms with Crippen LogP contribution < -0.4 is 0 Å². The first kappa shape index (κ1) is 11.1. The molecule has 0 amide bonds. The molecule has 1 N–H and O–H groups in total. The van der Waals surface area contributed by atoms with Crippen molar-refractivity contribution >= 4 is 22.6 Å². The summed E-state index contributed by atoms with van der Waals surface area (Å²) in [6.07, 6.45) is 5.70. The number of fused-ring (bicyclic) bond motifs is 3. The average molecular weight is 342 g/mol. The number of hydrogen-bond donors (Lipinski definition) is 1. The third-order valence-corrected chi connectivity index (χ3v) is 3.47. The van der Waals surface area contributed by atoms with Gasteiger partial charge in [-0.1, -0.05) is 0 Å². The normalized spacial score (nSPS) is 13.3. The monoisotopic (exact) mass is 342 g/mol. The van der Waals surface area contributed by atoms with Crippen LogP contribution in [0.15, 0.2) is 12.4 Å². The van der Waals surface area contributed by atoms with E-state index in [-0.39, 0.29) is 6.61 Å².